The summed E-state index contributed by atoms with van der Waals surface area (Å²) in [5.74, 6) is 0. The third kappa shape index (κ3) is 6.88. The normalized spacial score (nSPS) is 15.2. The molecule has 0 N–H and O–H groups in total. The molecule has 0 heterocycles. The highest BCUT2D eigenvalue weighted by Crippen LogP contribution is 2.38. The van der Waals surface area contributed by atoms with Crippen molar-refractivity contribution in [3.8, 4) is 0 Å². The van der Waals surface area contributed by atoms with Crippen LogP contribution in [0.2, 0.25) is 18.1 Å². The molecule has 0 aromatic heterocycles. The molecule has 0 bridgehead atoms. The van der Waals surface area contributed by atoms with Crippen LogP contribution in [0.4, 0.5) is 0 Å². The maximum atomic E-state index is 10.8. The van der Waals surface area contributed by atoms with Crippen molar-refractivity contribution >= 4 is 14.6 Å². The second kappa shape index (κ2) is 7.80. The molecule has 19 heavy (non-hydrogen) atoms. The Morgan fingerprint density at radius 1 is 1.37 bits per heavy atom. The van der Waals surface area contributed by atoms with Crippen LogP contribution in [-0.2, 0) is 9.22 Å². The Labute approximate surface area is 120 Å². The van der Waals surface area contributed by atoms with Crippen LogP contribution in [-0.4, -0.2) is 20.7 Å². The van der Waals surface area contributed by atoms with Gasteiger partial charge < -0.3 is 9.22 Å². The topological polar surface area (TPSA) is 26.3 Å². The van der Waals surface area contributed by atoms with Gasteiger partial charge >= 0.3 is 0 Å². The zero-order valence-electron chi connectivity index (χ0n) is 13.5. The van der Waals surface area contributed by atoms with E-state index in [-0.39, 0.29) is 11.1 Å². The Bertz CT molecular complexity index is 324. The number of carbonyl (C=O) groups is 1. The van der Waals surface area contributed by atoms with Crippen LogP contribution in [0.3, 0.4) is 0 Å². The minimum absolute atomic E-state index is 0.0134. The lowest BCUT2D eigenvalue weighted by molar-refractivity contribution is -0.109. The van der Waals surface area contributed by atoms with E-state index in [0.29, 0.717) is 6.42 Å². The minimum atomic E-state index is -1.81. The predicted octanol–water partition coefficient (Wildman–Crippen LogP) is 4.88. The Balaban J connectivity index is 4.75. The molecule has 0 aliphatic carbocycles. The van der Waals surface area contributed by atoms with Gasteiger partial charge in [-0.15, -0.1) is 6.58 Å². The molecule has 0 aliphatic heterocycles. The van der Waals surface area contributed by atoms with E-state index >= 15 is 0 Å². The van der Waals surface area contributed by atoms with Crippen LogP contribution in [0.1, 0.15) is 47.0 Å². The Kier molecular flexibility index (Phi) is 7.53. The van der Waals surface area contributed by atoms with Gasteiger partial charge in [0.2, 0.25) is 0 Å². The molecule has 0 aromatic rings. The summed E-state index contributed by atoms with van der Waals surface area (Å²) >= 11 is 0. The summed E-state index contributed by atoms with van der Waals surface area (Å²) in [7, 11) is -1.81. The number of carbonyl (C=O) groups excluding carboxylic acids is 1. The molecule has 0 fully saturated rings. The molecule has 0 aromatic carbocycles. The van der Waals surface area contributed by atoms with E-state index in [1.807, 2.05) is 6.08 Å². The Morgan fingerprint density at radius 2 is 1.95 bits per heavy atom. The fourth-order valence-corrected chi connectivity index (χ4v) is 2.97. The van der Waals surface area contributed by atoms with Crippen LogP contribution in [0.15, 0.2) is 24.3 Å². The monoisotopic (exact) mass is 282 g/mol. The molecule has 0 rings (SSSR count). The molecular formula is C16H30O2Si. The summed E-state index contributed by atoms with van der Waals surface area (Å²) in [5, 5.41) is 0.173. The molecule has 0 radical (unpaired) electrons. The first kappa shape index (κ1) is 18.3. The molecule has 2 nitrogen and oxygen atoms in total. The van der Waals surface area contributed by atoms with Gasteiger partial charge in [0.05, 0.1) is 6.10 Å². The molecule has 0 spiro atoms. The van der Waals surface area contributed by atoms with Gasteiger partial charge in [-0.3, -0.25) is 0 Å². The first-order chi connectivity index (χ1) is 8.64. The lowest BCUT2D eigenvalue weighted by atomic mass is 10.1. The molecule has 0 saturated heterocycles. The van der Waals surface area contributed by atoms with Crippen molar-refractivity contribution in [2.75, 3.05) is 0 Å². The van der Waals surface area contributed by atoms with E-state index in [1.54, 1.807) is 0 Å². The summed E-state index contributed by atoms with van der Waals surface area (Å²) < 4.78 is 6.33. The highest BCUT2D eigenvalue weighted by atomic mass is 28.4. The SMILES string of the molecule is C=CC/C=C(\C)C[C@H](CC=O)O[Si](C)(C)C(C)(C)C. The van der Waals surface area contributed by atoms with Gasteiger partial charge in [-0.05, 0) is 37.9 Å². The number of aldehydes is 1. The zero-order valence-corrected chi connectivity index (χ0v) is 14.5. The van der Waals surface area contributed by atoms with E-state index in [9.17, 15) is 4.79 Å². The van der Waals surface area contributed by atoms with Crippen molar-refractivity contribution in [3.05, 3.63) is 24.3 Å². The summed E-state index contributed by atoms with van der Waals surface area (Å²) in [6.45, 7) is 16.9. The molecule has 0 unspecified atom stereocenters. The van der Waals surface area contributed by atoms with Crippen LogP contribution in [0.25, 0.3) is 0 Å². The van der Waals surface area contributed by atoms with Crippen molar-refractivity contribution in [2.24, 2.45) is 0 Å². The highest BCUT2D eigenvalue weighted by molar-refractivity contribution is 6.74. The smallest absolute Gasteiger partial charge is 0.192 e. The number of hydrogen-bond acceptors (Lipinski definition) is 2. The van der Waals surface area contributed by atoms with Crippen LogP contribution in [0, 0.1) is 0 Å². The fourth-order valence-electron chi connectivity index (χ4n) is 1.60. The minimum Gasteiger partial charge on any atom is -0.413 e. The van der Waals surface area contributed by atoms with Gasteiger partial charge in [0, 0.05) is 6.42 Å². The van der Waals surface area contributed by atoms with E-state index in [0.717, 1.165) is 19.1 Å². The second-order valence-electron chi connectivity index (χ2n) is 6.68. The van der Waals surface area contributed by atoms with Crippen molar-refractivity contribution in [3.63, 3.8) is 0 Å². The van der Waals surface area contributed by atoms with Gasteiger partial charge in [0.15, 0.2) is 8.32 Å². The van der Waals surface area contributed by atoms with Crippen LogP contribution in [0.5, 0.6) is 0 Å². The van der Waals surface area contributed by atoms with Crippen molar-refractivity contribution in [1.82, 2.24) is 0 Å². The number of allylic oxidation sites excluding steroid dienone is 2. The standard InChI is InChI=1S/C16H30O2Si/c1-8-9-10-14(2)13-15(11-12-17)18-19(6,7)16(3,4)5/h8,10,12,15H,1,9,11,13H2,2-7H3/b14-10+/t15-/m0/s1. The molecular weight excluding hydrogens is 252 g/mol. The Hall–Kier alpha value is -0.673. The maximum absolute atomic E-state index is 10.8. The average molecular weight is 282 g/mol. The van der Waals surface area contributed by atoms with E-state index in [4.69, 9.17) is 4.43 Å². The maximum Gasteiger partial charge on any atom is 0.192 e. The third-order valence-corrected chi connectivity index (χ3v) is 8.34. The predicted molar refractivity (Wildman–Crippen MR) is 85.9 cm³/mol. The average Bonchev–Trinajstić information content (AvgIpc) is 2.24. The molecule has 0 aliphatic rings. The lowest BCUT2D eigenvalue weighted by Crippen LogP contribution is -2.44. The summed E-state index contributed by atoms with van der Waals surface area (Å²) in [5.41, 5.74) is 1.27. The summed E-state index contributed by atoms with van der Waals surface area (Å²) in [6.07, 6.45) is 7.20. The van der Waals surface area contributed by atoms with Crippen molar-refractivity contribution in [1.29, 1.82) is 0 Å². The van der Waals surface area contributed by atoms with Gasteiger partial charge in [-0.25, -0.2) is 0 Å². The van der Waals surface area contributed by atoms with Crippen LogP contribution < -0.4 is 0 Å². The van der Waals surface area contributed by atoms with Crippen LogP contribution >= 0.6 is 0 Å². The van der Waals surface area contributed by atoms with E-state index < -0.39 is 8.32 Å². The van der Waals surface area contributed by atoms with Gasteiger partial charge in [0.25, 0.3) is 0 Å². The second-order valence-corrected chi connectivity index (χ2v) is 11.4. The first-order valence-electron chi connectivity index (χ1n) is 7.02. The molecule has 0 saturated carbocycles. The number of rotatable bonds is 8. The largest absolute Gasteiger partial charge is 0.413 e. The first-order valence-corrected chi connectivity index (χ1v) is 9.93. The van der Waals surface area contributed by atoms with E-state index in [2.05, 4.69) is 53.4 Å². The van der Waals surface area contributed by atoms with Gasteiger partial charge in [0.1, 0.15) is 6.29 Å². The van der Waals surface area contributed by atoms with Gasteiger partial charge in [-0.1, -0.05) is 38.5 Å². The van der Waals surface area contributed by atoms with Crippen molar-refractivity contribution in [2.45, 2.75) is 71.2 Å². The number of hydrogen-bond donors (Lipinski definition) is 0. The molecule has 110 valence electrons. The Morgan fingerprint density at radius 3 is 2.37 bits per heavy atom. The molecule has 3 heteroatoms. The zero-order chi connectivity index (χ0) is 15.1. The molecule has 1 atom stereocenters. The highest BCUT2D eigenvalue weighted by Gasteiger charge is 2.38. The third-order valence-electron chi connectivity index (χ3n) is 3.81. The molecule has 0 amide bonds. The fraction of sp³-hybridized carbons (Fsp3) is 0.688. The summed E-state index contributed by atoms with van der Waals surface area (Å²) in [4.78, 5) is 10.8. The summed E-state index contributed by atoms with van der Waals surface area (Å²) in [6, 6.07) is 0. The lowest BCUT2D eigenvalue weighted by Gasteiger charge is -2.39. The van der Waals surface area contributed by atoms with Gasteiger partial charge in [-0.2, -0.15) is 0 Å². The van der Waals surface area contributed by atoms with E-state index in [1.165, 1.54) is 5.57 Å². The quantitative estimate of drug-likeness (QED) is 0.360. The van der Waals surface area contributed by atoms with Crippen molar-refractivity contribution < 1.29 is 9.22 Å².